The maximum Gasteiger partial charge on any atom is 0.243 e. The van der Waals surface area contributed by atoms with Crippen molar-refractivity contribution in [1.29, 1.82) is 0 Å². The number of hydrogen-bond acceptors (Lipinski definition) is 5. The molecule has 140 valence electrons. The second kappa shape index (κ2) is 8.53. The third kappa shape index (κ3) is 4.43. The number of carbonyl (C=O) groups excluding carboxylic acids is 1. The monoisotopic (exact) mass is 370 g/mol. The molecule has 1 fully saturated rings. The average molecular weight is 370 g/mol. The summed E-state index contributed by atoms with van der Waals surface area (Å²) < 4.78 is 37.6. The maximum atomic E-state index is 12.9. The van der Waals surface area contributed by atoms with Crippen molar-refractivity contribution in [2.45, 2.75) is 31.1 Å². The highest BCUT2D eigenvalue weighted by Crippen LogP contribution is 2.32. The van der Waals surface area contributed by atoms with Crippen molar-refractivity contribution in [3.8, 4) is 11.5 Å². The minimum Gasteiger partial charge on any atom is -0.493 e. The molecule has 1 aliphatic rings. The van der Waals surface area contributed by atoms with Gasteiger partial charge in [-0.05, 0) is 31.4 Å². The van der Waals surface area contributed by atoms with Gasteiger partial charge in [-0.3, -0.25) is 4.79 Å². The van der Waals surface area contributed by atoms with Gasteiger partial charge in [0.1, 0.15) is 0 Å². The summed E-state index contributed by atoms with van der Waals surface area (Å²) in [5.41, 5.74) is 0. The Hall–Kier alpha value is -1.80. The largest absolute Gasteiger partial charge is 0.493 e. The SMILES string of the molecule is CCCNC(=O)[C@H]1CCCN(S(=O)(=O)c2ccc(OC)c(OC)c2)C1. The number of rotatable bonds is 7. The van der Waals surface area contributed by atoms with Crippen molar-refractivity contribution < 1.29 is 22.7 Å². The van der Waals surface area contributed by atoms with Crippen molar-refractivity contribution in [3.63, 3.8) is 0 Å². The second-order valence-electron chi connectivity index (χ2n) is 6.01. The van der Waals surface area contributed by atoms with Crippen LogP contribution in [0, 0.1) is 5.92 Å². The van der Waals surface area contributed by atoms with Gasteiger partial charge < -0.3 is 14.8 Å². The Bertz CT molecular complexity index is 705. The summed E-state index contributed by atoms with van der Waals surface area (Å²) in [6, 6.07) is 4.52. The first-order valence-electron chi connectivity index (χ1n) is 8.44. The number of sulfonamides is 1. The fourth-order valence-corrected chi connectivity index (χ4v) is 4.43. The van der Waals surface area contributed by atoms with Crippen molar-refractivity contribution in [3.05, 3.63) is 18.2 Å². The second-order valence-corrected chi connectivity index (χ2v) is 7.95. The number of amides is 1. The van der Waals surface area contributed by atoms with Gasteiger partial charge in [-0.2, -0.15) is 4.31 Å². The zero-order chi connectivity index (χ0) is 18.4. The number of nitrogens with zero attached hydrogens (tertiary/aromatic N) is 1. The third-order valence-corrected chi connectivity index (χ3v) is 6.16. The number of hydrogen-bond donors (Lipinski definition) is 1. The van der Waals surface area contributed by atoms with E-state index in [1.807, 2.05) is 6.92 Å². The molecule has 1 heterocycles. The topological polar surface area (TPSA) is 84.9 Å². The first kappa shape index (κ1) is 19.5. The quantitative estimate of drug-likeness (QED) is 0.789. The molecule has 1 atom stereocenters. The van der Waals surface area contributed by atoms with Gasteiger partial charge in [0, 0.05) is 25.7 Å². The molecule has 0 spiro atoms. The van der Waals surface area contributed by atoms with E-state index < -0.39 is 10.0 Å². The lowest BCUT2D eigenvalue weighted by atomic mass is 9.99. The highest BCUT2D eigenvalue weighted by atomic mass is 32.2. The lowest BCUT2D eigenvalue weighted by Gasteiger charge is -2.31. The van der Waals surface area contributed by atoms with E-state index in [2.05, 4.69) is 5.32 Å². The van der Waals surface area contributed by atoms with E-state index in [0.717, 1.165) is 6.42 Å². The Balaban J connectivity index is 2.20. The van der Waals surface area contributed by atoms with Crippen LogP contribution in [0.4, 0.5) is 0 Å². The molecule has 2 rings (SSSR count). The molecule has 1 aromatic rings. The minimum absolute atomic E-state index is 0.0749. The molecule has 1 aliphatic heterocycles. The molecular weight excluding hydrogens is 344 g/mol. The van der Waals surface area contributed by atoms with Crippen molar-refractivity contribution in [1.82, 2.24) is 9.62 Å². The van der Waals surface area contributed by atoms with Crippen LogP contribution in [0.1, 0.15) is 26.2 Å². The molecule has 0 saturated carbocycles. The van der Waals surface area contributed by atoms with E-state index in [0.29, 0.717) is 37.4 Å². The highest BCUT2D eigenvalue weighted by Gasteiger charge is 2.33. The zero-order valence-corrected chi connectivity index (χ0v) is 15.8. The van der Waals surface area contributed by atoms with Gasteiger partial charge in [0.15, 0.2) is 11.5 Å². The Morgan fingerprint density at radius 1 is 1.28 bits per heavy atom. The predicted molar refractivity (Wildman–Crippen MR) is 94.3 cm³/mol. The van der Waals surface area contributed by atoms with Crippen LogP contribution in [-0.2, 0) is 14.8 Å². The summed E-state index contributed by atoms with van der Waals surface area (Å²) in [7, 11) is -0.731. The lowest BCUT2D eigenvalue weighted by molar-refractivity contribution is -0.126. The summed E-state index contributed by atoms with van der Waals surface area (Å²) in [5.74, 6) is 0.444. The van der Waals surface area contributed by atoms with E-state index in [1.165, 1.54) is 30.7 Å². The Morgan fingerprint density at radius 3 is 2.64 bits per heavy atom. The van der Waals surface area contributed by atoms with Crippen LogP contribution in [0.25, 0.3) is 0 Å². The fraction of sp³-hybridized carbons (Fsp3) is 0.588. The number of piperidine rings is 1. The molecular formula is C17H26N2O5S. The molecule has 1 N–H and O–H groups in total. The molecule has 1 aromatic carbocycles. The zero-order valence-electron chi connectivity index (χ0n) is 14.9. The molecule has 0 aromatic heterocycles. The summed E-state index contributed by atoms with van der Waals surface area (Å²) >= 11 is 0. The molecule has 0 bridgehead atoms. The highest BCUT2D eigenvalue weighted by molar-refractivity contribution is 7.89. The summed E-state index contributed by atoms with van der Waals surface area (Å²) in [6.45, 7) is 3.20. The average Bonchev–Trinajstić information content (AvgIpc) is 2.65. The summed E-state index contributed by atoms with van der Waals surface area (Å²) in [5, 5.41) is 2.85. The first-order valence-corrected chi connectivity index (χ1v) is 9.88. The van der Waals surface area contributed by atoms with Crippen molar-refractivity contribution >= 4 is 15.9 Å². The number of ether oxygens (including phenoxy) is 2. The smallest absolute Gasteiger partial charge is 0.243 e. The van der Waals surface area contributed by atoms with Crippen LogP contribution in [0.5, 0.6) is 11.5 Å². The van der Waals surface area contributed by atoms with E-state index in [1.54, 1.807) is 6.07 Å². The number of carbonyl (C=O) groups is 1. The Morgan fingerprint density at radius 2 is 2.00 bits per heavy atom. The van der Waals surface area contributed by atoms with Gasteiger partial charge in [0.25, 0.3) is 0 Å². The predicted octanol–water partition coefficient (Wildman–Crippen LogP) is 1.63. The van der Waals surface area contributed by atoms with E-state index in [-0.39, 0.29) is 23.3 Å². The van der Waals surface area contributed by atoms with Crippen LogP contribution in [0.3, 0.4) is 0 Å². The van der Waals surface area contributed by atoms with Gasteiger partial charge in [-0.1, -0.05) is 6.92 Å². The van der Waals surface area contributed by atoms with Crippen LogP contribution in [-0.4, -0.2) is 52.5 Å². The minimum atomic E-state index is -3.69. The summed E-state index contributed by atoms with van der Waals surface area (Å²) in [6.07, 6.45) is 2.22. The maximum absolute atomic E-state index is 12.9. The molecule has 0 unspecified atom stereocenters. The van der Waals surface area contributed by atoms with Gasteiger partial charge in [-0.15, -0.1) is 0 Å². The van der Waals surface area contributed by atoms with Gasteiger partial charge in [-0.25, -0.2) is 8.42 Å². The number of methoxy groups -OCH3 is 2. The van der Waals surface area contributed by atoms with Gasteiger partial charge >= 0.3 is 0 Å². The van der Waals surface area contributed by atoms with Crippen LogP contribution in [0.15, 0.2) is 23.1 Å². The molecule has 8 heteroatoms. The molecule has 1 saturated heterocycles. The van der Waals surface area contributed by atoms with Crippen LogP contribution < -0.4 is 14.8 Å². The Labute approximate surface area is 149 Å². The number of benzene rings is 1. The molecule has 1 amide bonds. The van der Waals surface area contributed by atoms with Gasteiger partial charge in [0.05, 0.1) is 25.0 Å². The number of nitrogens with one attached hydrogen (secondary N) is 1. The standard InChI is InChI=1S/C17H26N2O5S/c1-4-9-18-17(20)13-6-5-10-19(12-13)25(21,22)14-7-8-15(23-2)16(11-14)24-3/h7-8,11,13H,4-6,9-10,12H2,1-3H3,(H,18,20)/t13-/m0/s1. The molecule has 0 aliphatic carbocycles. The Kier molecular flexibility index (Phi) is 6.66. The van der Waals surface area contributed by atoms with Crippen molar-refractivity contribution in [2.75, 3.05) is 33.9 Å². The molecule has 0 radical (unpaired) electrons. The van der Waals surface area contributed by atoms with Gasteiger partial charge in [0.2, 0.25) is 15.9 Å². The van der Waals surface area contributed by atoms with Crippen molar-refractivity contribution in [2.24, 2.45) is 5.92 Å². The van der Waals surface area contributed by atoms with E-state index >= 15 is 0 Å². The van der Waals surface area contributed by atoms with Crippen LogP contribution in [0.2, 0.25) is 0 Å². The molecule has 25 heavy (non-hydrogen) atoms. The van der Waals surface area contributed by atoms with Crippen LogP contribution >= 0.6 is 0 Å². The molecule has 7 nitrogen and oxygen atoms in total. The normalized spacial score (nSPS) is 18.6. The fourth-order valence-electron chi connectivity index (χ4n) is 2.89. The third-order valence-electron chi connectivity index (χ3n) is 4.30. The first-order chi connectivity index (χ1) is 11.9. The summed E-state index contributed by atoms with van der Waals surface area (Å²) in [4.78, 5) is 12.3. The lowest BCUT2D eigenvalue weighted by Crippen LogP contribution is -2.45. The van der Waals surface area contributed by atoms with E-state index in [9.17, 15) is 13.2 Å². The van der Waals surface area contributed by atoms with E-state index in [4.69, 9.17) is 9.47 Å².